The summed E-state index contributed by atoms with van der Waals surface area (Å²) in [4.78, 5) is 40.7. The highest BCUT2D eigenvalue weighted by Crippen LogP contribution is 2.42. The molecular weight excluding hydrogens is 697 g/mol. The summed E-state index contributed by atoms with van der Waals surface area (Å²) in [6, 6.07) is -1.71. The topological polar surface area (TPSA) is 91.6 Å². The largest absolute Gasteiger partial charge is 0.481 e. The van der Waals surface area contributed by atoms with E-state index in [1.165, 1.54) is 13.8 Å². The molecule has 0 saturated carbocycles. The molecule has 3 rings (SSSR count). The van der Waals surface area contributed by atoms with Gasteiger partial charge in [0.2, 0.25) is 5.91 Å². The molecule has 0 spiro atoms. The molecule has 0 aliphatic rings. The first kappa shape index (κ1) is 41.1. The molecule has 0 fully saturated rings. The molecule has 2 N–H and O–H groups in total. The van der Waals surface area contributed by atoms with Crippen LogP contribution in [0.1, 0.15) is 79.1 Å². The lowest BCUT2D eigenvalue weighted by Gasteiger charge is -2.27. The van der Waals surface area contributed by atoms with E-state index >= 15 is 8.78 Å². The highest BCUT2D eigenvalue weighted by molar-refractivity contribution is 5.82. The average Bonchev–Trinajstić information content (AvgIpc) is 2.98. The predicted octanol–water partition coefficient (Wildman–Crippen LogP) is 8.00. The van der Waals surface area contributed by atoms with E-state index in [0.29, 0.717) is 17.2 Å². The van der Waals surface area contributed by atoms with Crippen LogP contribution in [0.5, 0.6) is 0 Å². The highest BCUT2D eigenvalue weighted by atomic mass is 19.4. The van der Waals surface area contributed by atoms with Crippen LogP contribution in [-0.2, 0) is 28.4 Å². The van der Waals surface area contributed by atoms with Crippen molar-refractivity contribution in [3.63, 3.8) is 0 Å². The van der Waals surface area contributed by atoms with Gasteiger partial charge in [-0.1, -0.05) is 20.8 Å². The Balaban J connectivity index is 2.28. The zero-order valence-electron chi connectivity index (χ0n) is 28.6. The zero-order chi connectivity index (χ0) is 38.7. The van der Waals surface area contributed by atoms with Crippen LogP contribution >= 0.6 is 0 Å². The number of benzene rings is 2. The average molecular weight is 736 g/mol. The second-order valence-electron chi connectivity index (χ2n) is 12.8. The molecule has 0 aliphatic heterocycles. The van der Waals surface area contributed by atoms with E-state index in [9.17, 15) is 50.2 Å². The molecule has 2 aromatic carbocycles. The third kappa shape index (κ3) is 9.71. The number of nitrogens with zero attached hydrogens (tertiary/aromatic N) is 2. The van der Waals surface area contributed by atoms with Gasteiger partial charge < -0.3 is 19.9 Å². The Hall–Kier alpha value is -4.34. The monoisotopic (exact) mass is 735 g/mol. The van der Waals surface area contributed by atoms with Gasteiger partial charge >= 0.3 is 18.3 Å². The fourth-order valence-corrected chi connectivity index (χ4v) is 5.92. The van der Waals surface area contributed by atoms with E-state index in [1.807, 2.05) is 0 Å². The number of carboxylic acid groups (broad SMARTS) is 1. The first-order valence-corrected chi connectivity index (χ1v) is 15.9. The van der Waals surface area contributed by atoms with Crippen LogP contribution in [-0.4, -0.2) is 46.6 Å². The lowest BCUT2D eigenvalue weighted by Crippen LogP contribution is -2.41. The van der Waals surface area contributed by atoms with Gasteiger partial charge in [0.25, 0.3) is 5.56 Å². The highest BCUT2D eigenvalue weighted by Gasteiger charge is 2.41. The maximum atomic E-state index is 16.4. The molecule has 1 aromatic heterocycles. The van der Waals surface area contributed by atoms with Crippen molar-refractivity contribution in [3.05, 3.63) is 91.6 Å². The number of pyridine rings is 1. The Bertz CT molecular complexity index is 1810. The SMILES string of the molecule is CCN(C)CCc1cn(C(CC(C)C)C(=O)N[C@@H](CC(=O)O)c2c(F)c(-c3c(C)cc(F)cc3C)cc(C(F)(F)F)c2F)c(=O)cc1C(F)(F)F. The van der Waals surface area contributed by atoms with Crippen molar-refractivity contribution < 1.29 is 54.2 Å². The molecule has 0 radical (unpaired) electrons. The summed E-state index contributed by atoms with van der Waals surface area (Å²) >= 11 is 0. The van der Waals surface area contributed by atoms with E-state index in [4.69, 9.17) is 0 Å². The Labute approximate surface area is 288 Å². The molecule has 2 atom stereocenters. The summed E-state index contributed by atoms with van der Waals surface area (Å²) in [5.41, 5.74) is -7.49. The first-order chi connectivity index (χ1) is 23.5. The minimum absolute atomic E-state index is 0.0319. The number of aliphatic carboxylic acids is 1. The molecule has 1 unspecified atom stereocenters. The van der Waals surface area contributed by atoms with Crippen LogP contribution in [0.2, 0.25) is 0 Å². The molecule has 7 nitrogen and oxygen atoms in total. The summed E-state index contributed by atoms with van der Waals surface area (Å²) in [6.07, 6.45) is -11.3. The third-order valence-electron chi connectivity index (χ3n) is 8.45. The van der Waals surface area contributed by atoms with Crippen molar-refractivity contribution >= 4 is 11.9 Å². The summed E-state index contributed by atoms with van der Waals surface area (Å²) < 4.78 is 131. The van der Waals surface area contributed by atoms with Gasteiger partial charge in [-0.05, 0) is 86.7 Å². The Morgan fingerprint density at radius 2 is 1.49 bits per heavy atom. The lowest BCUT2D eigenvalue weighted by atomic mass is 9.89. The number of alkyl halides is 6. The number of hydrogen-bond acceptors (Lipinski definition) is 4. The number of amides is 1. The molecular formula is C35H38F9N3O4. The number of carbonyl (C=O) groups is 2. The molecule has 0 bridgehead atoms. The summed E-state index contributed by atoms with van der Waals surface area (Å²) in [5, 5.41) is 11.7. The summed E-state index contributed by atoms with van der Waals surface area (Å²) in [6.45, 7) is 8.09. The molecule has 51 heavy (non-hydrogen) atoms. The maximum absolute atomic E-state index is 16.4. The molecule has 280 valence electrons. The lowest BCUT2D eigenvalue weighted by molar-refractivity contribution is -0.140. The fraction of sp³-hybridized carbons (Fsp3) is 0.457. The number of carboxylic acids is 1. The summed E-state index contributed by atoms with van der Waals surface area (Å²) in [7, 11) is 1.65. The number of aryl methyl sites for hydroxylation is 2. The number of carbonyl (C=O) groups excluding carboxylic acids is 1. The van der Waals surface area contributed by atoms with Crippen LogP contribution < -0.4 is 10.9 Å². The quantitative estimate of drug-likeness (QED) is 0.174. The normalized spacial score (nSPS) is 13.5. The van der Waals surface area contributed by atoms with Gasteiger partial charge in [0, 0.05) is 29.9 Å². The standard InChI is InChI=1S/C35H38F9N3O4/c1-7-46(6)9-8-20-16-47(27(48)14-23(20)34(39,40)41)26(10-17(2)3)33(51)45-25(15-28(49)50)30-31(37)22(13-24(32(30)38)35(42,43)44)29-18(4)11-21(36)12-19(29)5/h11-14,16-17,25-26H,7-10,15H2,1-6H3,(H,45,51)(H,49,50)/t25-,26?/m0/s1. The minimum Gasteiger partial charge on any atom is -0.481 e. The minimum atomic E-state index is -5.45. The molecule has 1 amide bonds. The smallest absolute Gasteiger partial charge is 0.419 e. The van der Waals surface area contributed by atoms with E-state index in [2.05, 4.69) is 5.32 Å². The van der Waals surface area contributed by atoms with Crippen molar-refractivity contribution in [1.29, 1.82) is 0 Å². The second kappa shape index (κ2) is 15.9. The van der Waals surface area contributed by atoms with E-state index in [-0.39, 0.29) is 47.7 Å². The van der Waals surface area contributed by atoms with Gasteiger partial charge in [0.1, 0.15) is 23.5 Å². The number of nitrogens with one attached hydrogen (secondary N) is 1. The van der Waals surface area contributed by atoms with E-state index in [0.717, 1.165) is 18.3 Å². The van der Waals surface area contributed by atoms with E-state index in [1.54, 1.807) is 32.7 Å². The maximum Gasteiger partial charge on any atom is 0.419 e. The molecule has 0 aliphatic carbocycles. The Morgan fingerprint density at radius 3 is 1.98 bits per heavy atom. The van der Waals surface area contributed by atoms with Crippen molar-refractivity contribution in [3.8, 4) is 11.1 Å². The van der Waals surface area contributed by atoms with Gasteiger partial charge in [0.15, 0.2) is 0 Å². The van der Waals surface area contributed by atoms with Crippen molar-refractivity contribution in [2.24, 2.45) is 5.92 Å². The number of aromatic nitrogens is 1. The van der Waals surface area contributed by atoms with Gasteiger partial charge in [-0.2, -0.15) is 26.3 Å². The molecule has 1 heterocycles. The molecule has 3 aromatic rings. The van der Waals surface area contributed by atoms with Crippen LogP contribution in [0.15, 0.2) is 35.3 Å². The number of hydrogen-bond donors (Lipinski definition) is 2. The molecule has 0 saturated heterocycles. The first-order valence-electron chi connectivity index (χ1n) is 15.9. The van der Waals surface area contributed by atoms with Crippen LogP contribution in [0, 0.1) is 37.2 Å². The zero-order valence-corrected chi connectivity index (χ0v) is 28.6. The summed E-state index contributed by atoms with van der Waals surface area (Å²) in [5.74, 6) is -8.21. The number of likely N-dealkylation sites (N-methyl/N-ethyl adjacent to an activating group) is 1. The second-order valence-corrected chi connectivity index (χ2v) is 12.8. The van der Waals surface area contributed by atoms with Gasteiger partial charge in [0.05, 0.1) is 23.6 Å². The van der Waals surface area contributed by atoms with Crippen LogP contribution in [0.3, 0.4) is 0 Å². The number of halogens is 9. The van der Waals surface area contributed by atoms with Crippen molar-refractivity contribution in [2.45, 2.75) is 78.3 Å². The van der Waals surface area contributed by atoms with Gasteiger partial charge in [-0.25, -0.2) is 13.2 Å². The predicted molar refractivity (Wildman–Crippen MR) is 170 cm³/mol. The van der Waals surface area contributed by atoms with Crippen LogP contribution in [0.25, 0.3) is 11.1 Å². The van der Waals surface area contributed by atoms with Crippen LogP contribution in [0.4, 0.5) is 39.5 Å². The fourth-order valence-electron chi connectivity index (χ4n) is 5.92. The van der Waals surface area contributed by atoms with E-state index < -0.39 is 93.9 Å². The van der Waals surface area contributed by atoms with Crippen molar-refractivity contribution in [1.82, 2.24) is 14.8 Å². The number of rotatable bonds is 13. The Kier molecular flexibility index (Phi) is 12.8. The third-order valence-corrected chi connectivity index (χ3v) is 8.45. The van der Waals surface area contributed by atoms with Gasteiger partial charge in [-0.3, -0.25) is 14.4 Å². The van der Waals surface area contributed by atoms with Gasteiger partial charge in [-0.15, -0.1) is 0 Å². The van der Waals surface area contributed by atoms with Crippen molar-refractivity contribution in [2.75, 3.05) is 20.1 Å². The molecule has 16 heteroatoms. The Morgan fingerprint density at radius 1 is 0.922 bits per heavy atom.